The fourth-order valence-electron chi connectivity index (χ4n) is 1.96. The van der Waals surface area contributed by atoms with Crippen molar-refractivity contribution in [1.82, 2.24) is 9.97 Å². The van der Waals surface area contributed by atoms with Crippen LogP contribution in [0.2, 0.25) is 0 Å². The number of aromatic nitrogens is 2. The summed E-state index contributed by atoms with van der Waals surface area (Å²) in [5.74, 6) is 0. The van der Waals surface area contributed by atoms with Crippen molar-refractivity contribution in [3.8, 4) is 0 Å². The molecule has 2 heterocycles. The molecule has 2 rings (SSSR count). The van der Waals surface area contributed by atoms with Crippen LogP contribution in [-0.4, -0.2) is 22.2 Å². The summed E-state index contributed by atoms with van der Waals surface area (Å²) in [5, 5.41) is 1.20. The lowest BCUT2D eigenvalue weighted by molar-refractivity contribution is 0.135. The van der Waals surface area contributed by atoms with Gasteiger partial charge < -0.3 is 9.51 Å². The summed E-state index contributed by atoms with van der Waals surface area (Å²) in [6, 6.07) is 4.09. The fourth-order valence-corrected chi connectivity index (χ4v) is 3.32. The van der Waals surface area contributed by atoms with E-state index in [0.717, 1.165) is 15.8 Å². The average Bonchev–Trinajstić information content (AvgIpc) is 2.55. The maximum absolute atomic E-state index is 5.80. The third kappa shape index (κ3) is 2.98. The molecule has 1 N–H and O–H groups in total. The Labute approximate surface area is 117 Å². The standard InChI is InChI=1S/C12H16IN2OP/c1-12(2,16-17-3)7-9-8-5-4-6-14-11(8)15-10(9)13/h4-6,17H,7H2,1-3H3,(H,14,15). The van der Waals surface area contributed by atoms with Crippen molar-refractivity contribution in [2.24, 2.45) is 0 Å². The van der Waals surface area contributed by atoms with Gasteiger partial charge in [-0.3, -0.25) is 0 Å². The molecule has 0 aliphatic carbocycles. The molecule has 3 nitrogen and oxygen atoms in total. The molecule has 5 heteroatoms. The van der Waals surface area contributed by atoms with Crippen molar-refractivity contribution in [1.29, 1.82) is 0 Å². The maximum Gasteiger partial charge on any atom is 0.138 e. The summed E-state index contributed by atoms with van der Waals surface area (Å²) in [7, 11) is 0.516. The summed E-state index contributed by atoms with van der Waals surface area (Å²) in [4.78, 5) is 7.65. The molecule has 92 valence electrons. The second-order valence-corrected chi connectivity index (χ2v) is 6.25. The number of hydrogen-bond acceptors (Lipinski definition) is 2. The number of H-pyrrole nitrogens is 1. The molecule has 0 aliphatic heterocycles. The highest BCUT2D eigenvalue weighted by molar-refractivity contribution is 14.1. The van der Waals surface area contributed by atoms with Crippen LogP contribution in [0.15, 0.2) is 18.3 Å². The van der Waals surface area contributed by atoms with Gasteiger partial charge >= 0.3 is 0 Å². The van der Waals surface area contributed by atoms with Gasteiger partial charge in [-0.1, -0.05) is 0 Å². The van der Waals surface area contributed by atoms with Crippen molar-refractivity contribution in [3.63, 3.8) is 0 Å². The first kappa shape index (κ1) is 13.2. The van der Waals surface area contributed by atoms with E-state index in [0.29, 0.717) is 8.81 Å². The molecule has 0 bridgehead atoms. The van der Waals surface area contributed by atoms with E-state index in [4.69, 9.17) is 4.52 Å². The lowest BCUT2D eigenvalue weighted by Gasteiger charge is -2.24. The molecule has 0 fully saturated rings. The third-order valence-electron chi connectivity index (χ3n) is 2.61. The Hall–Kier alpha value is -0.190. The fraction of sp³-hybridized carbons (Fsp3) is 0.417. The molecule has 0 aliphatic rings. The molecular formula is C12H16IN2OP. The Morgan fingerprint density at radius 2 is 2.29 bits per heavy atom. The molecular weight excluding hydrogens is 346 g/mol. The van der Waals surface area contributed by atoms with Crippen molar-refractivity contribution >= 4 is 42.4 Å². The summed E-state index contributed by atoms with van der Waals surface area (Å²) in [6.07, 6.45) is 2.71. The first-order chi connectivity index (χ1) is 8.03. The van der Waals surface area contributed by atoms with Gasteiger partial charge in [-0.15, -0.1) is 0 Å². The van der Waals surface area contributed by atoms with Crippen LogP contribution in [0.1, 0.15) is 19.4 Å². The number of halogens is 1. The van der Waals surface area contributed by atoms with Gasteiger partial charge in [-0.05, 0) is 60.8 Å². The molecule has 2 aromatic heterocycles. The number of nitrogens with zero attached hydrogens (tertiary/aromatic N) is 1. The van der Waals surface area contributed by atoms with E-state index in [2.05, 4.69) is 59.1 Å². The van der Waals surface area contributed by atoms with Crippen LogP contribution in [-0.2, 0) is 10.9 Å². The number of fused-ring (bicyclic) bond motifs is 1. The number of pyridine rings is 1. The van der Waals surface area contributed by atoms with Crippen molar-refractivity contribution in [2.45, 2.75) is 25.9 Å². The summed E-state index contributed by atoms with van der Waals surface area (Å²) >= 11 is 2.33. The Morgan fingerprint density at radius 3 is 3.00 bits per heavy atom. The van der Waals surface area contributed by atoms with Gasteiger partial charge in [0.2, 0.25) is 0 Å². The highest BCUT2D eigenvalue weighted by atomic mass is 127. The average molecular weight is 362 g/mol. The van der Waals surface area contributed by atoms with E-state index >= 15 is 0 Å². The van der Waals surface area contributed by atoms with E-state index in [-0.39, 0.29) is 5.60 Å². The molecule has 0 saturated heterocycles. The lowest BCUT2D eigenvalue weighted by atomic mass is 9.99. The number of nitrogens with one attached hydrogen (secondary N) is 1. The lowest BCUT2D eigenvalue weighted by Crippen LogP contribution is -2.24. The molecule has 17 heavy (non-hydrogen) atoms. The number of rotatable bonds is 4. The Kier molecular flexibility index (Phi) is 4.06. The maximum atomic E-state index is 5.80. The first-order valence-electron chi connectivity index (χ1n) is 5.49. The van der Waals surface area contributed by atoms with E-state index in [1.165, 1.54) is 10.9 Å². The minimum absolute atomic E-state index is 0.127. The molecule has 1 unspecified atom stereocenters. The highest BCUT2D eigenvalue weighted by Crippen LogP contribution is 2.30. The Morgan fingerprint density at radius 1 is 1.53 bits per heavy atom. The van der Waals surface area contributed by atoms with Gasteiger partial charge in [0.1, 0.15) is 5.65 Å². The van der Waals surface area contributed by atoms with Gasteiger partial charge in [-0.2, -0.15) is 0 Å². The SMILES string of the molecule is CPOC(C)(C)Cc1c(I)[nH]c2ncccc12. The molecule has 0 radical (unpaired) electrons. The van der Waals surface area contributed by atoms with Crippen molar-refractivity contribution in [2.75, 3.05) is 6.66 Å². The van der Waals surface area contributed by atoms with Crippen LogP contribution in [0.3, 0.4) is 0 Å². The van der Waals surface area contributed by atoms with E-state index < -0.39 is 0 Å². The van der Waals surface area contributed by atoms with Crippen LogP contribution in [0.5, 0.6) is 0 Å². The smallest absolute Gasteiger partial charge is 0.138 e. The minimum atomic E-state index is -0.127. The minimum Gasteiger partial charge on any atom is -0.357 e. The molecule has 1 atom stereocenters. The largest absolute Gasteiger partial charge is 0.357 e. The van der Waals surface area contributed by atoms with Gasteiger partial charge in [0.15, 0.2) is 0 Å². The molecule has 0 saturated carbocycles. The van der Waals surface area contributed by atoms with Gasteiger partial charge in [0.05, 0.1) is 9.30 Å². The first-order valence-corrected chi connectivity index (χ1v) is 7.98. The number of hydrogen-bond donors (Lipinski definition) is 1. The predicted octanol–water partition coefficient (Wildman–Crippen LogP) is 3.73. The van der Waals surface area contributed by atoms with Gasteiger partial charge in [0.25, 0.3) is 0 Å². The molecule has 0 amide bonds. The van der Waals surface area contributed by atoms with E-state index in [1.807, 2.05) is 12.3 Å². The molecule has 0 aromatic carbocycles. The summed E-state index contributed by atoms with van der Waals surface area (Å²) < 4.78 is 6.96. The van der Waals surface area contributed by atoms with Crippen LogP contribution >= 0.6 is 31.4 Å². The number of aromatic amines is 1. The van der Waals surface area contributed by atoms with Gasteiger partial charge in [-0.25, -0.2) is 4.98 Å². The normalized spacial score (nSPS) is 12.9. The summed E-state index contributed by atoms with van der Waals surface area (Å²) in [5.41, 5.74) is 2.14. The van der Waals surface area contributed by atoms with E-state index in [1.54, 1.807) is 0 Å². The van der Waals surface area contributed by atoms with Crippen molar-refractivity contribution in [3.05, 3.63) is 27.6 Å². The monoisotopic (exact) mass is 362 g/mol. The topological polar surface area (TPSA) is 37.9 Å². The van der Waals surface area contributed by atoms with Crippen LogP contribution < -0.4 is 0 Å². The molecule has 2 aromatic rings. The van der Waals surface area contributed by atoms with Crippen LogP contribution in [0.25, 0.3) is 11.0 Å². The zero-order valence-electron chi connectivity index (χ0n) is 10.2. The Balaban J connectivity index is 2.38. The Bertz CT molecular complexity index is 524. The predicted molar refractivity (Wildman–Crippen MR) is 81.9 cm³/mol. The van der Waals surface area contributed by atoms with E-state index in [9.17, 15) is 0 Å². The second-order valence-electron chi connectivity index (χ2n) is 4.56. The zero-order chi connectivity index (χ0) is 12.5. The van der Waals surface area contributed by atoms with Crippen LogP contribution in [0.4, 0.5) is 0 Å². The van der Waals surface area contributed by atoms with Gasteiger partial charge in [0, 0.05) is 26.8 Å². The molecule has 0 spiro atoms. The van der Waals surface area contributed by atoms with Crippen molar-refractivity contribution < 1.29 is 4.52 Å². The second kappa shape index (κ2) is 5.21. The summed E-state index contributed by atoms with van der Waals surface area (Å²) in [6.45, 7) is 6.33. The van der Waals surface area contributed by atoms with Crippen LogP contribution in [0, 0.1) is 3.70 Å². The quantitative estimate of drug-likeness (QED) is 0.665. The highest BCUT2D eigenvalue weighted by Gasteiger charge is 2.22. The zero-order valence-corrected chi connectivity index (χ0v) is 13.3. The third-order valence-corrected chi connectivity index (χ3v) is 4.28.